The number of halogens is 1. The van der Waals surface area contributed by atoms with Gasteiger partial charge in [0.25, 0.3) is 5.91 Å². The molecule has 6 nitrogen and oxygen atoms in total. The summed E-state index contributed by atoms with van der Waals surface area (Å²) in [5, 5.41) is 5.37. The van der Waals surface area contributed by atoms with Crippen LogP contribution in [0.15, 0.2) is 70.7 Å². The highest BCUT2D eigenvalue weighted by Crippen LogP contribution is 2.38. The lowest BCUT2D eigenvalue weighted by Gasteiger charge is -2.14. The van der Waals surface area contributed by atoms with Crippen molar-refractivity contribution in [3.8, 4) is 5.75 Å². The summed E-state index contributed by atoms with van der Waals surface area (Å²) in [5.74, 6) is 0.268. The van der Waals surface area contributed by atoms with Gasteiger partial charge in [0.1, 0.15) is 18.4 Å². The molecule has 8 heteroatoms. The standard InChI is InChI=1S/C22H18ClN3O3S/c1-13-3-2-4-14(9-13)12-29-15-5-6-19(17(23)10-15)30-18-7-8-24-11-16(18)20-21(27)26-22(28)25-20/h2-11,20H,12H2,1H3,(H2,25,26,27,28). The maximum atomic E-state index is 12.0. The molecule has 2 aromatic carbocycles. The van der Waals surface area contributed by atoms with Gasteiger partial charge in [-0.05, 0) is 36.8 Å². The quantitative estimate of drug-likeness (QED) is 0.546. The Labute approximate surface area is 183 Å². The molecule has 0 aliphatic carbocycles. The number of carbonyl (C=O) groups excluding carboxylic acids is 2. The van der Waals surface area contributed by atoms with Gasteiger partial charge in [-0.1, -0.05) is 53.2 Å². The fraction of sp³-hybridized carbons (Fsp3) is 0.136. The number of imide groups is 1. The Morgan fingerprint density at radius 2 is 2.00 bits per heavy atom. The lowest BCUT2D eigenvalue weighted by atomic mass is 10.1. The van der Waals surface area contributed by atoms with Crippen LogP contribution in [0.1, 0.15) is 22.7 Å². The van der Waals surface area contributed by atoms with Gasteiger partial charge < -0.3 is 10.1 Å². The van der Waals surface area contributed by atoms with Gasteiger partial charge in [0.05, 0.1) is 5.02 Å². The van der Waals surface area contributed by atoms with Crippen molar-refractivity contribution in [2.45, 2.75) is 29.4 Å². The summed E-state index contributed by atoms with van der Waals surface area (Å²) in [6.07, 6.45) is 3.21. The minimum Gasteiger partial charge on any atom is -0.489 e. The number of benzene rings is 2. The summed E-state index contributed by atoms with van der Waals surface area (Å²) in [7, 11) is 0. The first-order chi connectivity index (χ1) is 14.5. The Morgan fingerprint density at radius 3 is 2.73 bits per heavy atom. The molecule has 4 rings (SSSR count). The second kappa shape index (κ2) is 8.77. The van der Waals surface area contributed by atoms with E-state index in [1.807, 2.05) is 37.3 Å². The molecular formula is C22H18ClN3O3S. The molecule has 1 fully saturated rings. The second-order valence-electron chi connectivity index (χ2n) is 6.78. The monoisotopic (exact) mass is 439 g/mol. The largest absolute Gasteiger partial charge is 0.489 e. The number of rotatable bonds is 6. The molecule has 0 bridgehead atoms. The van der Waals surface area contributed by atoms with Gasteiger partial charge in [-0.25, -0.2) is 4.79 Å². The zero-order chi connectivity index (χ0) is 21.1. The van der Waals surface area contributed by atoms with Crippen LogP contribution in [0.3, 0.4) is 0 Å². The summed E-state index contributed by atoms with van der Waals surface area (Å²) in [4.78, 5) is 29.2. The summed E-state index contributed by atoms with van der Waals surface area (Å²) in [5.41, 5.74) is 2.88. The highest BCUT2D eigenvalue weighted by molar-refractivity contribution is 7.99. The lowest BCUT2D eigenvalue weighted by Crippen LogP contribution is -2.22. The molecule has 3 aromatic rings. The van der Waals surface area contributed by atoms with Gasteiger partial charge in [0.2, 0.25) is 0 Å². The summed E-state index contributed by atoms with van der Waals surface area (Å²) in [6, 6.07) is 14.1. The molecule has 30 heavy (non-hydrogen) atoms. The number of hydrogen-bond donors (Lipinski definition) is 2. The van der Waals surface area contributed by atoms with E-state index in [1.54, 1.807) is 24.5 Å². The van der Waals surface area contributed by atoms with Crippen LogP contribution < -0.4 is 15.4 Å². The molecule has 3 amide bonds. The van der Waals surface area contributed by atoms with Crippen molar-refractivity contribution < 1.29 is 14.3 Å². The van der Waals surface area contributed by atoms with Gasteiger partial charge in [-0.3, -0.25) is 15.1 Å². The Balaban J connectivity index is 1.49. The third-order valence-electron chi connectivity index (χ3n) is 4.51. The number of urea groups is 1. The molecule has 1 unspecified atom stereocenters. The van der Waals surface area contributed by atoms with Crippen LogP contribution in [-0.2, 0) is 11.4 Å². The Morgan fingerprint density at radius 1 is 1.13 bits per heavy atom. The molecule has 2 N–H and O–H groups in total. The van der Waals surface area contributed by atoms with Crippen molar-refractivity contribution in [3.63, 3.8) is 0 Å². The summed E-state index contributed by atoms with van der Waals surface area (Å²) < 4.78 is 5.86. The lowest BCUT2D eigenvalue weighted by molar-refractivity contribution is -0.120. The van der Waals surface area contributed by atoms with Gasteiger partial charge in [-0.2, -0.15) is 0 Å². The smallest absolute Gasteiger partial charge is 0.322 e. The van der Waals surface area contributed by atoms with Crippen molar-refractivity contribution in [2.24, 2.45) is 0 Å². The second-order valence-corrected chi connectivity index (χ2v) is 8.27. The zero-order valence-electron chi connectivity index (χ0n) is 16.0. The van der Waals surface area contributed by atoms with Crippen molar-refractivity contribution in [1.29, 1.82) is 0 Å². The number of aryl methyl sites for hydroxylation is 1. The number of aromatic nitrogens is 1. The normalized spacial score (nSPS) is 15.6. The van der Waals surface area contributed by atoms with E-state index in [-0.39, 0.29) is 0 Å². The summed E-state index contributed by atoms with van der Waals surface area (Å²) >= 11 is 7.88. The fourth-order valence-electron chi connectivity index (χ4n) is 3.08. The predicted molar refractivity (Wildman–Crippen MR) is 115 cm³/mol. The third kappa shape index (κ3) is 4.58. The van der Waals surface area contributed by atoms with E-state index in [4.69, 9.17) is 16.3 Å². The molecule has 1 saturated heterocycles. The van der Waals surface area contributed by atoms with E-state index < -0.39 is 18.0 Å². The van der Waals surface area contributed by atoms with Crippen molar-refractivity contribution >= 4 is 35.3 Å². The maximum Gasteiger partial charge on any atom is 0.322 e. The Bertz CT molecular complexity index is 1120. The summed E-state index contributed by atoms with van der Waals surface area (Å²) in [6.45, 7) is 2.50. The van der Waals surface area contributed by atoms with E-state index in [0.717, 1.165) is 15.4 Å². The number of nitrogens with zero attached hydrogens (tertiary/aromatic N) is 1. The van der Waals surface area contributed by atoms with Crippen molar-refractivity contribution in [1.82, 2.24) is 15.6 Å². The number of hydrogen-bond acceptors (Lipinski definition) is 5. The van der Waals surface area contributed by atoms with Crippen LogP contribution in [0.25, 0.3) is 0 Å². The van der Waals surface area contributed by atoms with Crippen LogP contribution in [0.4, 0.5) is 4.79 Å². The number of ether oxygens (including phenoxy) is 1. The number of amides is 3. The molecule has 0 radical (unpaired) electrons. The Hall–Kier alpha value is -3.03. The van der Waals surface area contributed by atoms with Crippen molar-refractivity contribution in [3.05, 3.63) is 82.6 Å². The number of pyridine rings is 1. The molecule has 1 aliphatic heterocycles. The molecule has 0 spiro atoms. The SMILES string of the molecule is Cc1cccc(COc2ccc(Sc3ccncc3C3NC(=O)NC3=O)c(Cl)c2)c1. The number of carbonyl (C=O) groups is 2. The van der Waals surface area contributed by atoms with Gasteiger partial charge in [-0.15, -0.1) is 0 Å². The van der Waals surface area contributed by atoms with Gasteiger partial charge in [0.15, 0.2) is 0 Å². The molecule has 152 valence electrons. The van der Waals surface area contributed by atoms with E-state index in [1.165, 1.54) is 17.3 Å². The first-order valence-electron chi connectivity index (χ1n) is 9.20. The minimum atomic E-state index is -0.774. The molecule has 1 aliphatic rings. The van der Waals surface area contributed by atoms with Crippen LogP contribution in [-0.4, -0.2) is 16.9 Å². The maximum absolute atomic E-state index is 12.0. The van der Waals surface area contributed by atoms with Gasteiger partial charge >= 0.3 is 6.03 Å². The van der Waals surface area contributed by atoms with Crippen LogP contribution in [0.5, 0.6) is 5.75 Å². The minimum absolute atomic E-state index is 0.402. The fourth-order valence-corrected chi connectivity index (χ4v) is 4.31. The van der Waals surface area contributed by atoms with Crippen LogP contribution in [0, 0.1) is 6.92 Å². The molecule has 2 heterocycles. The predicted octanol–water partition coefficient (Wildman–Crippen LogP) is 4.65. The van der Waals surface area contributed by atoms with Gasteiger partial charge in [0, 0.05) is 27.7 Å². The Kier molecular flexibility index (Phi) is 5.92. The first-order valence-corrected chi connectivity index (χ1v) is 10.4. The van der Waals surface area contributed by atoms with E-state index >= 15 is 0 Å². The van der Waals surface area contributed by atoms with Crippen molar-refractivity contribution in [2.75, 3.05) is 0 Å². The third-order valence-corrected chi connectivity index (χ3v) is 6.10. The topological polar surface area (TPSA) is 80.3 Å². The zero-order valence-corrected chi connectivity index (χ0v) is 17.6. The highest BCUT2D eigenvalue weighted by atomic mass is 35.5. The number of nitrogens with one attached hydrogen (secondary N) is 2. The molecular weight excluding hydrogens is 422 g/mol. The molecule has 0 saturated carbocycles. The average Bonchev–Trinajstić information content (AvgIpc) is 3.06. The van der Waals surface area contributed by atoms with E-state index in [9.17, 15) is 9.59 Å². The highest BCUT2D eigenvalue weighted by Gasteiger charge is 2.32. The van der Waals surface area contributed by atoms with E-state index in [2.05, 4.69) is 21.7 Å². The van der Waals surface area contributed by atoms with E-state index in [0.29, 0.717) is 22.9 Å². The van der Waals surface area contributed by atoms with Crippen LogP contribution in [0.2, 0.25) is 5.02 Å². The van der Waals surface area contributed by atoms with Crippen LogP contribution >= 0.6 is 23.4 Å². The average molecular weight is 440 g/mol. The molecule has 1 atom stereocenters. The molecule has 1 aromatic heterocycles. The first kappa shape index (κ1) is 20.3.